The molecule has 2 aromatic rings. The highest BCUT2D eigenvalue weighted by Crippen LogP contribution is 2.26. The minimum atomic E-state index is -1.04. The van der Waals surface area contributed by atoms with E-state index in [9.17, 15) is 14.9 Å². The van der Waals surface area contributed by atoms with Crippen LogP contribution in [-0.2, 0) is 11.2 Å². The molecule has 0 radical (unpaired) electrons. The third-order valence-corrected chi connectivity index (χ3v) is 2.49. The van der Waals surface area contributed by atoms with Gasteiger partial charge in [-0.1, -0.05) is 5.21 Å². The summed E-state index contributed by atoms with van der Waals surface area (Å²) in [6, 6.07) is 4.02. The van der Waals surface area contributed by atoms with Crippen molar-refractivity contribution in [2.75, 3.05) is 7.11 Å². The first-order valence-corrected chi connectivity index (χ1v) is 5.47. The Morgan fingerprint density at radius 1 is 1.55 bits per heavy atom. The van der Waals surface area contributed by atoms with Gasteiger partial charge in [0.15, 0.2) is 0 Å². The molecule has 0 spiro atoms. The summed E-state index contributed by atoms with van der Waals surface area (Å²) in [6.45, 7) is 0. The fourth-order valence-corrected chi connectivity index (χ4v) is 1.62. The Kier molecular flexibility index (Phi) is 3.60. The number of hydrogen-bond donors (Lipinski definition) is 1. The quantitative estimate of drug-likeness (QED) is 0.634. The molecule has 9 nitrogen and oxygen atoms in total. The summed E-state index contributed by atoms with van der Waals surface area (Å²) in [5.41, 5.74) is 0.424. The number of aromatic nitrogens is 3. The predicted molar refractivity (Wildman–Crippen MR) is 65.9 cm³/mol. The first-order valence-electron chi connectivity index (χ1n) is 5.47. The molecule has 104 valence electrons. The van der Waals surface area contributed by atoms with Crippen molar-refractivity contribution in [3.05, 3.63) is 40.2 Å². The zero-order valence-electron chi connectivity index (χ0n) is 10.4. The lowest BCUT2D eigenvalue weighted by Crippen LogP contribution is -2.01. The number of carboxylic acid groups (broad SMARTS) is 1. The minimum absolute atomic E-state index is 0.129. The summed E-state index contributed by atoms with van der Waals surface area (Å²) in [5, 5.41) is 26.9. The van der Waals surface area contributed by atoms with Crippen molar-refractivity contribution in [3.63, 3.8) is 0 Å². The Hall–Kier alpha value is -2.97. The van der Waals surface area contributed by atoms with Crippen molar-refractivity contribution in [3.8, 4) is 11.4 Å². The van der Waals surface area contributed by atoms with Gasteiger partial charge in [-0.15, -0.1) is 5.10 Å². The van der Waals surface area contributed by atoms with Gasteiger partial charge in [0, 0.05) is 12.1 Å². The largest absolute Gasteiger partial charge is 0.494 e. The number of benzene rings is 1. The van der Waals surface area contributed by atoms with Crippen molar-refractivity contribution in [2.24, 2.45) is 0 Å². The van der Waals surface area contributed by atoms with E-state index in [4.69, 9.17) is 9.84 Å². The first kappa shape index (κ1) is 13.5. The standard InChI is InChI=1S/C11H10N4O5/c1-20-10-3-2-8(15(18)19)5-9(10)14-6-7(12-13-14)4-11(16)17/h2-3,5-6H,4H2,1H3,(H,16,17). The smallest absolute Gasteiger partial charge is 0.309 e. The molecule has 1 aromatic heterocycles. The van der Waals surface area contributed by atoms with Gasteiger partial charge < -0.3 is 9.84 Å². The second kappa shape index (κ2) is 5.34. The summed E-state index contributed by atoms with van der Waals surface area (Å²) in [7, 11) is 1.42. The zero-order chi connectivity index (χ0) is 14.7. The van der Waals surface area contributed by atoms with E-state index >= 15 is 0 Å². The van der Waals surface area contributed by atoms with Gasteiger partial charge >= 0.3 is 5.97 Å². The number of nitro benzene ring substituents is 1. The number of rotatable bonds is 5. The molecular formula is C11H10N4O5. The summed E-state index contributed by atoms with van der Waals surface area (Å²) in [6.07, 6.45) is 1.10. The summed E-state index contributed by atoms with van der Waals surface area (Å²) < 4.78 is 6.34. The van der Waals surface area contributed by atoms with Gasteiger partial charge in [0.25, 0.3) is 5.69 Å². The van der Waals surface area contributed by atoms with Crippen LogP contribution in [0.4, 0.5) is 5.69 Å². The van der Waals surface area contributed by atoms with Crippen LogP contribution in [0, 0.1) is 10.1 Å². The van der Waals surface area contributed by atoms with E-state index in [1.54, 1.807) is 0 Å². The number of nitrogens with zero attached hydrogens (tertiary/aromatic N) is 4. The second-order valence-corrected chi connectivity index (χ2v) is 3.84. The van der Waals surface area contributed by atoms with Crippen LogP contribution in [0.3, 0.4) is 0 Å². The lowest BCUT2D eigenvalue weighted by atomic mass is 10.2. The van der Waals surface area contributed by atoms with Gasteiger partial charge in [-0.3, -0.25) is 14.9 Å². The summed E-state index contributed by atoms with van der Waals surface area (Å²) in [4.78, 5) is 20.8. The molecule has 0 aliphatic rings. The van der Waals surface area contributed by atoms with Crippen LogP contribution >= 0.6 is 0 Å². The highest BCUT2D eigenvalue weighted by Gasteiger charge is 2.15. The Labute approximate surface area is 112 Å². The number of ether oxygens (including phenoxy) is 1. The number of aliphatic carboxylic acids is 1. The van der Waals surface area contributed by atoms with E-state index in [1.807, 2.05) is 0 Å². The Morgan fingerprint density at radius 2 is 2.30 bits per heavy atom. The van der Waals surface area contributed by atoms with Gasteiger partial charge in [-0.05, 0) is 6.07 Å². The van der Waals surface area contributed by atoms with Crippen LogP contribution in [0.2, 0.25) is 0 Å². The molecule has 2 rings (SSSR count). The van der Waals surface area contributed by atoms with Crippen molar-refractivity contribution in [2.45, 2.75) is 6.42 Å². The van der Waals surface area contributed by atoms with E-state index in [1.165, 1.54) is 36.2 Å². The molecule has 0 unspecified atom stereocenters. The fraction of sp³-hybridized carbons (Fsp3) is 0.182. The summed E-state index contributed by atoms with van der Waals surface area (Å²) >= 11 is 0. The molecule has 1 N–H and O–H groups in total. The van der Waals surface area contributed by atoms with Gasteiger partial charge in [-0.2, -0.15) is 0 Å². The molecule has 1 heterocycles. The maximum Gasteiger partial charge on any atom is 0.309 e. The number of non-ortho nitro benzene ring substituents is 1. The van der Waals surface area contributed by atoms with Gasteiger partial charge in [-0.25, -0.2) is 4.68 Å². The third-order valence-electron chi connectivity index (χ3n) is 2.49. The second-order valence-electron chi connectivity index (χ2n) is 3.84. The van der Waals surface area contributed by atoms with Crippen LogP contribution in [0.25, 0.3) is 5.69 Å². The Balaban J connectivity index is 2.44. The van der Waals surface area contributed by atoms with Crippen molar-refractivity contribution in [1.82, 2.24) is 15.0 Å². The zero-order valence-corrected chi connectivity index (χ0v) is 10.4. The number of hydrogen-bond acceptors (Lipinski definition) is 6. The average Bonchev–Trinajstić information content (AvgIpc) is 2.85. The van der Waals surface area contributed by atoms with Crippen molar-refractivity contribution >= 4 is 11.7 Å². The molecule has 9 heteroatoms. The molecule has 1 aromatic carbocycles. The lowest BCUT2D eigenvalue weighted by molar-refractivity contribution is -0.384. The van der Waals surface area contributed by atoms with Crippen LogP contribution in [0.1, 0.15) is 5.69 Å². The molecule has 0 bridgehead atoms. The van der Waals surface area contributed by atoms with Gasteiger partial charge in [0.05, 0.1) is 30.3 Å². The molecule has 0 amide bonds. The fourth-order valence-electron chi connectivity index (χ4n) is 1.62. The van der Waals surface area contributed by atoms with E-state index in [0.717, 1.165) is 0 Å². The third kappa shape index (κ3) is 2.71. The van der Waals surface area contributed by atoms with Gasteiger partial charge in [0.2, 0.25) is 0 Å². The van der Waals surface area contributed by atoms with E-state index in [0.29, 0.717) is 11.4 Å². The molecule has 0 saturated carbocycles. The van der Waals surface area contributed by atoms with E-state index in [2.05, 4.69) is 10.3 Å². The number of carboxylic acids is 1. The maximum atomic E-state index is 10.8. The van der Waals surface area contributed by atoms with Crippen molar-refractivity contribution in [1.29, 1.82) is 0 Å². The highest BCUT2D eigenvalue weighted by atomic mass is 16.6. The minimum Gasteiger partial charge on any atom is -0.494 e. The van der Waals surface area contributed by atoms with Crippen LogP contribution in [0.15, 0.2) is 24.4 Å². The molecular weight excluding hydrogens is 268 g/mol. The molecule has 0 aliphatic carbocycles. The molecule has 0 fully saturated rings. The summed E-state index contributed by atoms with van der Waals surface area (Å²) in [5.74, 6) is -0.676. The Bertz CT molecular complexity index is 667. The predicted octanol–water partition coefficient (Wildman–Crippen LogP) is 0.811. The van der Waals surface area contributed by atoms with Crippen LogP contribution in [0.5, 0.6) is 5.75 Å². The monoisotopic (exact) mass is 278 g/mol. The normalized spacial score (nSPS) is 10.2. The van der Waals surface area contributed by atoms with Gasteiger partial charge in [0.1, 0.15) is 11.4 Å². The molecule has 0 atom stereocenters. The maximum absolute atomic E-state index is 10.8. The number of nitro groups is 1. The van der Waals surface area contributed by atoms with Crippen LogP contribution < -0.4 is 4.74 Å². The Morgan fingerprint density at radius 3 is 2.90 bits per heavy atom. The highest BCUT2D eigenvalue weighted by molar-refractivity contribution is 5.69. The van der Waals surface area contributed by atoms with Crippen LogP contribution in [-0.4, -0.2) is 38.1 Å². The lowest BCUT2D eigenvalue weighted by Gasteiger charge is -2.06. The average molecular weight is 278 g/mol. The number of carbonyl (C=O) groups is 1. The molecule has 20 heavy (non-hydrogen) atoms. The molecule has 0 saturated heterocycles. The number of methoxy groups -OCH3 is 1. The van der Waals surface area contributed by atoms with E-state index < -0.39 is 10.9 Å². The van der Waals surface area contributed by atoms with Crippen molar-refractivity contribution < 1.29 is 19.6 Å². The molecule has 0 aliphatic heterocycles. The topological polar surface area (TPSA) is 120 Å². The first-order chi connectivity index (χ1) is 9.51. The SMILES string of the molecule is COc1ccc([N+](=O)[O-])cc1-n1cc(CC(=O)O)nn1. The van der Waals surface area contributed by atoms with E-state index in [-0.39, 0.29) is 17.8 Å².